The van der Waals surface area contributed by atoms with E-state index in [0.717, 1.165) is 43.6 Å². The number of amides is 1. The highest BCUT2D eigenvalue weighted by molar-refractivity contribution is 5.93. The normalized spacial score (nSPS) is 21.1. The Kier molecular flexibility index (Phi) is 13.5. The number of aliphatic carboxylic acids is 1. The fourth-order valence-electron chi connectivity index (χ4n) is 8.97. The number of methoxy groups -OCH3 is 5. The third-order valence-electron chi connectivity index (χ3n) is 11.9. The van der Waals surface area contributed by atoms with Gasteiger partial charge in [-0.1, -0.05) is 38.0 Å². The minimum atomic E-state index is -1.68. The van der Waals surface area contributed by atoms with Crippen LogP contribution in [0.2, 0.25) is 0 Å². The van der Waals surface area contributed by atoms with Crippen LogP contribution in [0.4, 0.5) is 0 Å². The lowest BCUT2D eigenvalue weighted by atomic mass is 9.62. The summed E-state index contributed by atoms with van der Waals surface area (Å²) in [6, 6.07) is 17.0. The van der Waals surface area contributed by atoms with Crippen molar-refractivity contribution < 1.29 is 47.9 Å². The van der Waals surface area contributed by atoms with Crippen LogP contribution in [0.5, 0.6) is 34.5 Å². The van der Waals surface area contributed by atoms with E-state index in [0.29, 0.717) is 91.5 Å². The van der Waals surface area contributed by atoms with Crippen molar-refractivity contribution in [3.05, 3.63) is 71.3 Å². The van der Waals surface area contributed by atoms with Gasteiger partial charge >= 0.3 is 5.97 Å². The lowest BCUT2D eigenvalue weighted by Crippen LogP contribution is -2.66. The van der Waals surface area contributed by atoms with Crippen LogP contribution >= 0.6 is 0 Å². The lowest BCUT2D eigenvalue weighted by Gasteiger charge is -2.54. The lowest BCUT2D eigenvalue weighted by molar-refractivity contribution is -0.168. The highest BCUT2D eigenvalue weighted by Gasteiger charge is 2.60. The summed E-state index contributed by atoms with van der Waals surface area (Å²) in [5.41, 5.74) is 0.590. The molecule has 56 heavy (non-hydrogen) atoms. The first-order valence-corrected chi connectivity index (χ1v) is 19.8. The number of hydrogen-bond acceptors (Lipinski definition) is 10. The molecule has 3 aromatic carbocycles. The second-order valence-corrected chi connectivity index (χ2v) is 15.0. The fourth-order valence-corrected chi connectivity index (χ4v) is 8.97. The van der Waals surface area contributed by atoms with Gasteiger partial charge in [-0.2, -0.15) is 0 Å². The maximum atomic E-state index is 15.6. The van der Waals surface area contributed by atoms with Gasteiger partial charge in [0.05, 0.1) is 54.7 Å². The molecule has 2 saturated heterocycles. The topological polar surface area (TPSA) is 125 Å². The van der Waals surface area contributed by atoms with Crippen molar-refractivity contribution in [3.63, 3.8) is 0 Å². The second kappa shape index (κ2) is 18.5. The molecule has 1 saturated carbocycles. The zero-order valence-electron chi connectivity index (χ0n) is 33.7. The molecule has 1 amide bonds. The first-order chi connectivity index (χ1) is 27.2. The second-order valence-electron chi connectivity index (χ2n) is 15.0. The molecular weight excluding hydrogens is 716 g/mol. The highest BCUT2D eigenvalue weighted by Crippen LogP contribution is 2.54. The average Bonchev–Trinajstić information content (AvgIpc) is 4.06. The van der Waals surface area contributed by atoms with Crippen molar-refractivity contribution in [2.45, 2.75) is 68.7 Å². The molecule has 0 bridgehead atoms. The summed E-state index contributed by atoms with van der Waals surface area (Å²) in [6.45, 7) is 6.68. The van der Waals surface area contributed by atoms with Crippen LogP contribution < -0.4 is 28.4 Å². The summed E-state index contributed by atoms with van der Waals surface area (Å²) >= 11 is 0. The Labute approximate surface area is 330 Å². The minimum absolute atomic E-state index is 0.227. The Bertz CT molecular complexity index is 1780. The number of morpholine rings is 1. The van der Waals surface area contributed by atoms with Gasteiger partial charge in [-0.05, 0) is 84.7 Å². The molecule has 3 fully saturated rings. The van der Waals surface area contributed by atoms with Crippen LogP contribution in [0.1, 0.15) is 79.9 Å². The number of ether oxygens (including phenoxy) is 7. The number of piperidine rings is 1. The molecule has 2 aliphatic heterocycles. The number of nitrogens with zero attached hydrogens (tertiary/aromatic N) is 2. The van der Waals surface area contributed by atoms with Crippen molar-refractivity contribution >= 4 is 11.9 Å². The Hall–Kier alpha value is -4.68. The van der Waals surface area contributed by atoms with Gasteiger partial charge in [0, 0.05) is 38.0 Å². The maximum absolute atomic E-state index is 15.6. The first-order valence-electron chi connectivity index (χ1n) is 19.8. The molecule has 3 aliphatic rings. The molecule has 1 N–H and O–H groups in total. The Balaban J connectivity index is 1.48. The van der Waals surface area contributed by atoms with Crippen LogP contribution in [-0.4, -0.2) is 114 Å². The van der Waals surface area contributed by atoms with E-state index in [-0.39, 0.29) is 12.5 Å². The van der Waals surface area contributed by atoms with Crippen molar-refractivity contribution in [1.29, 1.82) is 0 Å². The number of carbonyl (C=O) groups is 2. The van der Waals surface area contributed by atoms with E-state index in [1.54, 1.807) is 40.4 Å². The summed E-state index contributed by atoms with van der Waals surface area (Å²) in [4.78, 5) is 34.2. The van der Waals surface area contributed by atoms with E-state index in [1.165, 1.54) is 0 Å². The molecule has 12 heteroatoms. The number of carbonyl (C=O) groups excluding carboxylic acids is 1. The van der Waals surface area contributed by atoms with Gasteiger partial charge in [-0.3, -0.25) is 9.69 Å². The standard InChI is InChI=1S/C44H58N2O10/c1-7-35(30-10-8-11-33(25-30)56-23-20-45-18-21-55-22-19-45)44(43(48)49)36(31-15-16-37(50-2)38(26-31)51-3)12-9-17-46(44)42(47)34(24-29-13-14-29)32-27-39(52-4)41(54-6)40(28-32)53-5/h8,10-11,15-16,25-29,34-36H,7,9,12-14,17-24H2,1-6H3,(H,48,49). The van der Waals surface area contributed by atoms with Gasteiger partial charge < -0.3 is 43.2 Å². The predicted molar refractivity (Wildman–Crippen MR) is 212 cm³/mol. The van der Waals surface area contributed by atoms with Crippen molar-refractivity contribution in [2.75, 3.05) is 81.5 Å². The maximum Gasteiger partial charge on any atom is 0.330 e. The minimum Gasteiger partial charge on any atom is -0.493 e. The van der Waals surface area contributed by atoms with Crippen LogP contribution in [0, 0.1) is 5.92 Å². The molecule has 6 rings (SSSR count). The SMILES string of the molecule is CCC(c1cccc(OCCN2CCOCC2)c1)C1(C(=O)O)C(c2ccc(OC)c(OC)c2)CCCN1C(=O)C(CC1CC1)c1cc(OC)c(OC)c(OC)c1. The Morgan fingerprint density at radius 1 is 0.821 bits per heavy atom. The fraction of sp³-hybridized carbons (Fsp3) is 0.545. The summed E-state index contributed by atoms with van der Waals surface area (Å²) in [7, 11) is 7.80. The number of likely N-dealkylation sites (tertiary alicyclic amines) is 1. The third kappa shape index (κ3) is 8.37. The van der Waals surface area contributed by atoms with Gasteiger partial charge in [-0.15, -0.1) is 0 Å². The van der Waals surface area contributed by atoms with E-state index in [2.05, 4.69) is 4.90 Å². The zero-order chi connectivity index (χ0) is 39.8. The summed E-state index contributed by atoms with van der Waals surface area (Å²) < 4.78 is 40.2. The molecule has 3 aromatic rings. The third-order valence-corrected chi connectivity index (χ3v) is 11.9. The summed E-state index contributed by atoms with van der Waals surface area (Å²) in [6.07, 6.45) is 4.23. The van der Waals surface area contributed by atoms with Crippen molar-refractivity contribution in [2.24, 2.45) is 5.92 Å². The van der Waals surface area contributed by atoms with Crippen LogP contribution in [0.25, 0.3) is 0 Å². The molecule has 4 atom stereocenters. The monoisotopic (exact) mass is 774 g/mol. The Morgan fingerprint density at radius 2 is 1.52 bits per heavy atom. The molecule has 0 radical (unpaired) electrons. The average molecular weight is 775 g/mol. The molecule has 0 spiro atoms. The van der Waals surface area contributed by atoms with E-state index < -0.39 is 29.3 Å². The number of carboxylic acid groups (broad SMARTS) is 1. The molecule has 1 aliphatic carbocycles. The van der Waals surface area contributed by atoms with Crippen molar-refractivity contribution in [3.8, 4) is 34.5 Å². The summed E-state index contributed by atoms with van der Waals surface area (Å²) in [5.74, 6) is 0.256. The Morgan fingerprint density at radius 3 is 2.12 bits per heavy atom. The van der Waals surface area contributed by atoms with E-state index in [1.807, 2.05) is 61.5 Å². The zero-order valence-corrected chi connectivity index (χ0v) is 33.7. The number of rotatable bonds is 18. The van der Waals surface area contributed by atoms with Gasteiger partial charge in [-0.25, -0.2) is 4.79 Å². The highest BCUT2D eigenvalue weighted by atomic mass is 16.5. The van der Waals surface area contributed by atoms with Gasteiger partial charge in [0.15, 0.2) is 28.5 Å². The van der Waals surface area contributed by atoms with Crippen molar-refractivity contribution in [1.82, 2.24) is 9.80 Å². The van der Waals surface area contributed by atoms with Gasteiger partial charge in [0.2, 0.25) is 11.7 Å². The van der Waals surface area contributed by atoms with E-state index >= 15 is 4.79 Å². The first kappa shape index (κ1) is 41.0. The molecular formula is C44H58N2O10. The molecule has 0 aromatic heterocycles. The predicted octanol–water partition coefficient (Wildman–Crippen LogP) is 6.75. The molecule has 304 valence electrons. The molecule has 12 nitrogen and oxygen atoms in total. The van der Waals surface area contributed by atoms with Crippen LogP contribution in [0.15, 0.2) is 54.6 Å². The van der Waals surface area contributed by atoms with Gasteiger partial charge in [0.1, 0.15) is 12.4 Å². The van der Waals surface area contributed by atoms with E-state index in [4.69, 9.17) is 33.2 Å². The van der Waals surface area contributed by atoms with E-state index in [9.17, 15) is 9.90 Å². The quantitative estimate of drug-likeness (QED) is 0.148. The largest absolute Gasteiger partial charge is 0.493 e. The smallest absolute Gasteiger partial charge is 0.330 e. The number of benzene rings is 3. The van der Waals surface area contributed by atoms with Gasteiger partial charge in [0.25, 0.3) is 0 Å². The van der Waals surface area contributed by atoms with Crippen LogP contribution in [-0.2, 0) is 14.3 Å². The number of hydrogen-bond donors (Lipinski definition) is 1. The molecule has 4 unspecified atom stereocenters. The number of carboxylic acids is 1. The van der Waals surface area contributed by atoms with Crippen LogP contribution in [0.3, 0.4) is 0 Å². The summed E-state index contributed by atoms with van der Waals surface area (Å²) in [5, 5.41) is 11.9. The molecule has 2 heterocycles.